The monoisotopic (exact) mass is 235 g/mol. The minimum Gasteiger partial charge on any atom is -0.364 e. The lowest BCUT2D eigenvalue weighted by molar-refractivity contribution is 0.545. The topological polar surface area (TPSA) is 105 Å². The van der Waals surface area contributed by atoms with Crippen molar-refractivity contribution in [2.75, 3.05) is 10.7 Å². The van der Waals surface area contributed by atoms with Gasteiger partial charge in [0.15, 0.2) is 5.65 Å². The Bertz CT molecular complexity index is 516. The van der Waals surface area contributed by atoms with E-state index in [1.165, 1.54) is 0 Å². The second-order valence-corrected chi connectivity index (χ2v) is 4.53. The molecule has 0 fully saturated rings. The average molecular weight is 235 g/mol. The Morgan fingerprint density at radius 3 is 2.82 bits per heavy atom. The Morgan fingerprint density at radius 2 is 2.18 bits per heavy atom. The first-order valence-corrected chi connectivity index (χ1v) is 5.51. The van der Waals surface area contributed by atoms with Crippen molar-refractivity contribution < 1.29 is 0 Å². The summed E-state index contributed by atoms with van der Waals surface area (Å²) in [7, 11) is 0. The Labute approximate surface area is 99.2 Å². The summed E-state index contributed by atoms with van der Waals surface area (Å²) in [5.74, 6) is 6.42. The van der Waals surface area contributed by atoms with Crippen molar-refractivity contribution in [2.24, 2.45) is 5.84 Å². The Morgan fingerprint density at radius 1 is 1.41 bits per heavy atom. The summed E-state index contributed by atoms with van der Waals surface area (Å²) < 4.78 is 0. The molecule has 0 aliphatic rings. The number of hydrogen-bond acceptors (Lipinski definition) is 6. The molecule has 0 radical (unpaired) electrons. The number of anilines is 2. The van der Waals surface area contributed by atoms with E-state index >= 15 is 0 Å². The second-order valence-electron chi connectivity index (χ2n) is 4.53. The van der Waals surface area contributed by atoms with Gasteiger partial charge in [0.25, 0.3) is 0 Å². The fourth-order valence-electron chi connectivity index (χ4n) is 1.40. The van der Waals surface area contributed by atoms with E-state index in [0.717, 1.165) is 17.6 Å². The highest BCUT2D eigenvalue weighted by atomic mass is 15.3. The molecular formula is C10H17N7. The highest BCUT2D eigenvalue weighted by Crippen LogP contribution is 2.24. The van der Waals surface area contributed by atoms with Gasteiger partial charge in [-0.3, -0.25) is 10.5 Å². The van der Waals surface area contributed by atoms with Crippen molar-refractivity contribution in [3.8, 4) is 0 Å². The van der Waals surface area contributed by atoms with Crippen molar-refractivity contribution in [1.29, 1.82) is 0 Å². The smallest absolute Gasteiger partial charge is 0.241 e. The Hall–Kier alpha value is -1.89. The van der Waals surface area contributed by atoms with Crippen LogP contribution in [0.1, 0.15) is 27.2 Å². The predicted octanol–water partition coefficient (Wildman–Crippen LogP) is 1.24. The molecule has 2 aromatic rings. The van der Waals surface area contributed by atoms with Gasteiger partial charge in [-0.05, 0) is 20.3 Å². The van der Waals surface area contributed by atoms with Crippen molar-refractivity contribution >= 4 is 22.8 Å². The van der Waals surface area contributed by atoms with Gasteiger partial charge < -0.3 is 5.32 Å². The number of nitrogens with one attached hydrogen (secondary N) is 3. The Kier molecular flexibility index (Phi) is 2.84. The average Bonchev–Trinajstić information content (AvgIpc) is 2.76. The van der Waals surface area contributed by atoms with E-state index in [4.69, 9.17) is 5.84 Å². The van der Waals surface area contributed by atoms with Crippen LogP contribution in [0.2, 0.25) is 0 Å². The molecule has 0 unspecified atom stereocenters. The van der Waals surface area contributed by atoms with Crippen LogP contribution in [0, 0.1) is 0 Å². The zero-order valence-electron chi connectivity index (χ0n) is 10.2. The molecule has 7 heteroatoms. The van der Waals surface area contributed by atoms with Gasteiger partial charge >= 0.3 is 0 Å². The molecule has 0 spiro atoms. The summed E-state index contributed by atoms with van der Waals surface area (Å²) in [5.41, 5.74) is 3.05. The van der Waals surface area contributed by atoms with Crippen molar-refractivity contribution in [3.05, 3.63) is 6.20 Å². The highest BCUT2D eigenvalue weighted by molar-refractivity contribution is 5.87. The quantitative estimate of drug-likeness (QED) is 0.469. The van der Waals surface area contributed by atoms with Crippen molar-refractivity contribution in [1.82, 2.24) is 20.2 Å². The van der Waals surface area contributed by atoms with Crippen LogP contribution in [0.3, 0.4) is 0 Å². The van der Waals surface area contributed by atoms with E-state index in [1.807, 2.05) is 0 Å². The third kappa shape index (κ3) is 2.28. The lowest BCUT2D eigenvalue weighted by atomic mass is 10.0. The number of nitrogens with zero attached hydrogens (tertiary/aromatic N) is 3. The van der Waals surface area contributed by atoms with E-state index in [1.54, 1.807) is 6.20 Å². The molecule has 7 nitrogen and oxygen atoms in total. The fourth-order valence-corrected chi connectivity index (χ4v) is 1.40. The van der Waals surface area contributed by atoms with E-state index < -0.39 is 0 Å². The molecule has 0 aromatic carbocycles. The van der Waals surface area contributed by atoms with Gasteiger partial charge in [-0.1, -0.05) is 6.92 Å². The van der Waals surface area contributed by atoms with Crippen LogP contribution in [0.4, 0.5) is 11.8 Å². The van der Waals surface area contributed by atoms with Crippen molar-refractivity contribution in [2.45, 2.75) is 32.7 Å². The number of nitrogens with two attached hydrogens (primary N) is 1. The molecule has 0 aliphatic carbocycles. The molecule has 0 aliphatic heterocycles. The first-order valence-electron chi connectivity index (χ1n) is 5.51. The maximum absolute atomic E-state index is 5.34. The van der Waals surface area contributed by atoms with Gasteiger partial charge in [-0.25, -0.2) is 5.84 Å². The highest BCUT2D eigenvalue weighted by Gasteiger charge is 2.18. The summed E-state index contributed by atoms with van der Waals surface area (Å²) in [4.78, 5) is 8.47. The molecule has 5 N–H and O–H groups in total. The maximum Gasteiger partial charge on any atom is 0.241 e. The molecule has 17 heavy (non-hydrogen) atoms. The van der Waals surface area contributed by atoms with E-state index in [2.05, 4.69) is 51.7 Å². The van der Waals surface area contributed by atoms with Crippen LogP contribution in [-0.4, -0.2) is 25.7 Å². The van der Waals surface area contributed by atoms with Crippen LogP contribution >= 0.6 is 0 Å². The predicted molar refractivity (Wildman–Crippen MR) is 67.5 cm³/mol. The molecule has 2 aromatic heterocycles. The minimum atomic E-state index is -0.0512. The molecule has 2 heterocycles. The summed E-state index contributed by atoms with van der Waals surface area (Å²) in [6.07, 6.45) is 2.67. The van der Waals surface area contributed by atoms with Crippen LogP contribution in [0.25, 0.3) is 11.0 Å². The second kappa shape index (κ2) is 4.17. The largest absolute Gasteiger partial charge is 0.364 e. The number of aromatic nitrogens is 4. The number of rotatable bonds is 4. The van der Waals surface area contributed by atoms with Gasteiger partial charge in [0.2, 0.25) is 5.95 Å². The molecule has 92 valence electrons. The summed E-state index contributed by atoms with van der Waals surface area (Å²) in [6, 6.07) is 0. The number of hydrazine groups is 1. The first kappa shape index (κ1) is 11.6. The van der Waals surface area contributed by atoms with Gasteiger partial charge in [-0.2, -0.15) is 15.1 Å². The number of aromatic amines is 1. The molecule has 0 saturated heterocycles. The SMILES string of the molecule is CCC(C)(C)Nc1nc(NN)nc2[nH]ncc12. The summed E-state index contributed by atoms with van der Waals surface area (Å²) >= 11 is 0. The van der Waals surface area contributed by atoms with Crippen LogP contribution in [0.5, 0.6) is 0 Å². The minimum absolute atomic E-state index is 0.0512. The molecular weight excluding hydrogens is 218 g/mol. The van der Waals surface area contributed by atoms with E-state index in [-0.39, 0.29) is 5.54 Å². The normalized spacial score (nSPS) is 11.8. The van der Waals surface area contributed by atoms with Gasteiger partial charge in [0.05, 0.1) is 11.6 Å². The fraction of sp³-hybridized carbons (Fsp3) is 0.500. The molecule has 0 saturated carbocycles. The third-order valence-electron chi connectivity index (χ3n) is 2.78. The number of fused-ring (bicyclic) bond motifs is 1. The lowest BCUT2D eigenvalue weighted by Gasteiger charge is -2.25. The van der Waals surface area contributed by atoms with Crippen LogP contribution < -0.4 is 16.6 Å². The number of H-pyrrole nitrogens is 1. The third-order valence-corrected chi connectivity index (χ3v) is 2.78. The van der Waals surface area contributed by atoms with Gasteiger partial charge in [0, 0.05) is 5.54 Å². The van der Waals surface area contributed by atoms with Gasteiger partial charge in [-0.15, -0.1) is 0 Å². The zero-order valence-corrected chi connectivity index (χ0v) is 10.2. The van der Waals surface area contributed by atoms with E-state index in [0.29, 0.717) is 11.6 Å². The lowest BCUT2D eigenvalue weighted by Crippen LogP contribution is -2.30. The van der Waals surface area contributed by atoms with Crippen LogP contribution in [-0.2, 0) is 0 Å². The molecule has 0 amide bonds. The summed E-state index contributed by atoms with van der Waals surface area (Å²) in [5, 5.41) is 11.0. The molecule has 0 atom stereocenters. The zero-order chi connectivity index (χ0) is 12.5. The van der Waals surface area contributed by atoms with Crippen molar-refractivity contribution in [3.63, 3.8) is 0 Å². The number of hydrogen-bond donors (Lipinski definition) is 4. The Balaban J connectivity index is 2.47. The summed E-state index contributed by atoms with van der Waals surface area (Å²) in [6.45, 7) is 6.33. The first-order chi connectivity index (χ1) is 8.05. The number of nitrogen functional groups attached to an aromatic ring is 1. The maximum atomic E-state index is 5.34. The van der Waals surface area contributed by atoms with E-state index in [9.17, 15) is 0 Å². The van der Waals surface area contributed by atoms with Crippen LogP contribution in [0.15, 0.2) is 6.20 Å². The molecule has 0 bridgehead atoms. The standard InChI is InChI=1S/C10H17N7/c1-4-10(2,3)15-7-6-5-12-17-8(6)14-9(13-7)16-11/h5H,4,11H2,1-3H3,(H3,12,13,14,15,16,17). The van der Waals surface area contributed by atoms with Gasteiger partial charge in [0.1, 0.15) is 5.82 Å². The molecule has 2 rings (SSSR count).